The van der Waals surface area contributed by atoms with Crippen LogP contribution in [-0.4, -0.2) is 15.9 Å². The molecule has 18 heavy (non-hydrogen) atoms. The van der Waals surface area contributed by atoms with Gasteiger partial charge in [0, 0.05) is 12.7 Å². The molecule has 0 aromatic carbocycles. The largest absolute Gasteiger partial charge is 0.445 e. The predicted molar refractivity (Wildman–Crippen MR) is 67.3 cm³/mol. The third kappa shape index (κ3) is 1.98. The minimum absolute atomic E-state index is 0.185. The molecule has 0 saturated heterocycles. The summed E-state index contributed by atoms with van der Waals surface area (Å²) < 4.78 is 5.20. The summed E-state index contributed by atoms with van der Waals surface area (Å²) in [6.45, 7) is 0.503. The highest BCUT2D eigenvalue weighted by atomic mass is 32.1. The van der Waals surface area contributed by atoms with E-state index in [1.807, 2.05) is 16.8 Å². The van der Waals surface area contributed by atoms with Crippen LogP contribution in [0.3, 0.4) is 0 Å². The molecule has 0 saturated carbocycles. The van der Waals surface area contributed by atoms with Crippen LogP contribution in [0.1, 0.15) is 15.9 Å². The van der Waals surface area contributed by atoms with Crippen LogP contribution in [0.2, 0.25) is 0 Å². The van der Waals surface area contributed by atoms with E-state index in [9.17, 15) is 4.79 Å². The molecule has 90 valence electrons. The van der Waals surface area contributed by atoms with Gasteiger partial charge in [0.05, 0.1) is 10.9 Å². The zero-order chi connectivity index (χ0) is 12.4. The quantitative estimate of drug-likeness (QED) is 0.783. The van der Waals surface area contributed by atoms with Gasteiger partial charge in [0.15, 0.2) is 0 Å². The standard InChI is InChI=1S/C12H9N3O2S/c16-11(14-3-8-1-2-18-6-8)10-5-17-12-9(10)4-13-7-15-12/h1-2,4-7H,3H2,(H,14,16). The third-order valence-corrected chi connectivity index (χ3v) is 3.26. The maximum atomic E-state index is 12.0. The Kier molecular flexibility index (Phi) is 2.77. The molecule has 1 N–H and O–H groups in total. The van der Waals surface area contributed by atoms with Crippen molar-refractivity contribution in [3.8, 4) is 0 Å². The second-order valence-electron chi connectivity index (χ2n) is 3.71. The number of fused-ring (bicyclic) bond motifs is 1. The van der Waals surface area contributed by atoms with E-state index < -0.39 is 0 Å². The molecule has 3 aromatic rings. The van der Waals surface area contributed by atoms with Crippen molar-refractivity contribution in [2.75, 3.05) is 0 Å². The lowest BCUT2D eigenvalue weighted by Crippen LogP contribution is -2.22. The number of amides is 1. The van der Waals surface area contributed by atoms with E-state index in [0.29, 0.717) is 23.2 Å². The number of thiophene rings is 1. The maximum Gasteiger partial charge on any atom is 0.255 e. The van der Waals surface area contributed by atoms with E-state index in [1.54, 1.807) is 17.5 Å². The number of carbonyl (C=O) groups is 1. The molecule has 0 radical (unpaired) electrons. The van der Waals surface area contributed by atoms with Gasteiger partial charge in [0.25, 0.3) is 5.91 Å². The molecular weight excluding hydrogens is 250 g/mol. The molecule has 5 nitrogen and oxygen atoms in total. The van der Waals surface area contributed by atoms with Crippen LogP contribution >= 0.6 is 11.3 Å². The summed E-state index contributed by atoms with van der Waals surface area (Å²) in [5.41, 5.74) is 1.96. The van der Waals surface area contributed by atoms with Crippen LogP contribution in [0, 0.1) is 0 Å². The normalized spacial score (nSPS) is 10.7. The van der Waals surface area contributed by atoms with Crippen molar-refractivity contribution in [2.24, 2.45) is 0 Å². The molecule has 3 rings (SSSR count). The number of furan rings is 1. The first-order chi connectivity index (χ1) is 8.84. The Bertz CT molecular complexity index is 676. The zero-order valence-corrected chi connectivity index (χ0v) is 10.1. The van der Waals surface area contributed by atoms with Crippen LogP contribution in [0.15, 0.2) is 40.0 Å². The Morgan fingerprint density at radius 3 is 3.28 bits per heavy atom. The van der Waals surface area contributed by atoms with Crippen molar-refractivity contribution in [3.05, 3.63) is 46.7 Å². The molecule has 3 heterocycles. The van der Waals surface area contributed by atoms with Gasteiger partial charge in [-0.05, 0) is 22.4 Å². The lowest BCUT2D eigenvalue weighted by molar-refractivity contribution is 0.0951. The number of aromatic nitrogens is 2. The summed E-state index contributed by atoms with van der Waals surface area (Å²) in [6.07, 6.45) is 4.37. The number of nitrogens with one attached hydrogen (secondary N) is 1. The van der Waals surface area contributed by atoms with Crippen molar-refractivity contribution in [3.63, 3.8) is 0 Å². The van der Waals surface area contributed by atoms with E-state index >= 15 is 0 Å². The van der Waals surface area contributed by atoms with E-state index in [-0.39, 0.29) is 5.91 Å². The SMILES string of the molecule is O=C(NCc1ccsc1)c1coc2ncncc12. The van der Waals surface area contributed by atoms with Crippen LogP contribution < -0.4 is 5.32 Å². The van der Waals surface area contributed by atoms with Gasteiger partial charge in [-0.25, -0.2) is 9.97 Å². The zero-order valence-electron chi connectivity index (χ0n) is 9.29. The van der Waals surface area contributed by atoms with E-state index in [2.05, 4.69) is 15.3 Å². The number of hydrogen-bond donors (Lipinski definition) is 1. The van der Waals surface area contributed by atoms with Crippen molar-refractivity contribution in [1.82, 2.24) is 15.3 Å². The first-order valence-electron chi connectivity index (χ1n) is 5.31. The van der Waals surface area contributed by atoms with Gasteiger partial charge in [0.1, 0.15) is 12.6 Å². The summed E-state index contributed by atoms with van der Waals surface area (Å²) in [7, 11) is 0. The number of carbonyl (C=O) groups excluding carboxylic acids is 1. The Balaban J connectivity index is 1.80. The molecule has 0 aliphatic heterocycles. The van der Waals surface area contributed by atoms with Gasteiger partial charge < -0.3 is 9.73 Å². The predicted octanol–water partition coefficient (Wildman–Crippen LogP) is 2.21. The summed E-state index contributed by atoms with van der Waals surface area (Å²) in [5.74, 6) is -0.185. The average Bonchev–Trinajstić information content (AvgIpc) is 3.05. The van der Waals surface area contributed by atoms with Gasteiger partial charge in [-0.2, -0.15) is 11.3 Å². The van der Waals surface area contributed by atoms with Gasteiger partial charge in [-0.1, -0.05) is 0 Å². The van der Waals surface area contributed by atoms with E-state index in [4.69, 9.17) is 4.42 Å². The topological polar surface area (TPSA) is 68.0 Å². The molecule has 0 unspecified atom stereocenters. The molecule has 1 amide bonds. The Hall–Kier alpha value is -2.21. The molecule has 0 spiro atoms. The average molecular weight is 259 g/mol. The van der Waals surface area contributed by atoms with Crippen molar-refractivity contribution in [2.45, 2.75) is 6.54 Å². The Morgan fingerprint density at radius 1 is 1.50 bits per heavy atom. The summed E-state index contributed by atoms with van der Waals surface area (Å²) in [6, 6.07) is 1.97. The molecule has 0 aliphatic rings. The Morgan fingerprint density at radius 2 is 2.44 bits per heavy atom. The highest BCUT2D eigenvalue weighted by Gasteiger charge is 2.14. The Labute approximate surface area is 106 Å². The maximum absolute atomic E-state index is 12.0. The van der Waals surface area contributed by atoms with Crippen LogP contribution in [-0.2, 0) is 6.54 Å². The van der Waals surface area contributed by atoms with E-state index in [1.165, 1.54) is 12.6 Å². The lowest BCUT2D eigenvalue weighted by atomic mass is 10.2. The molecule has 0 aliphatic carbocycles. The van der Waals surface area contributed by atoms with Gasteiger partial charge >= 0.3 is 0 Å². The first kappa shape index (κ1) is 10.9. The fraction of sp³-hybridized carbons (Fsp3) is 0.0833. The minimum atomic E-state index is -0.185. The first-order valence-corrected chi connectivity index (χ1v) is 6.25. The van der Waals surface area contributed by atoms with Crippen LogP contribution in [0.4, 0.5) is 0 Å². The fourth-order valence-corrected chi connectivity index (χ4v) is 2.29. The fourth-order valence-electron chi connectivity index (χ4n) is 1.62. The van der Waals surface area contributed by atoms with Gasteiger partial charge in [-0.3, -0.25) is 4.79 Å². The molecule has 6 heteroatoms. The molecule has 0 bridgehead atoms. The third-order valence-electron chi connectivity index (χ3n) is 2.53. The lowest BCUT2D eigenvalue weighted by Gasteiger charge is -2.01. The van der Waals surface area contributed by atoms with Crippen LogP contribution in [0.5, 0.6) is 0 Å². The van der Waals surface area contributed by atoms with Crippen LogP contribution in [0.25, 0.3) is 11.1 Å². The molecule has 0 atom stereocenters. The monoisotopic (exact) mass is 259 g/mol. The second-order valence-corrected chi connectivity index (χ2v) is 4.49. The highest BCUT2D eigenvalue weighted by Crippen LogP contribution is 2.17. The van der Waals surface area contributed by atoms with E-state index in [0.717, 1.165) is 5.56 Å². The summed E-state index contributed by atoms with van der Waals surface area (Å²) in [5, 5.41) is 7.43. The minimum Gasteiger partial charge on any atom is -0.445 e. The van der Waals surface area contributed by atoms with Gasteiger partial charge in [0.2, 0.25) is 5.71 Å². The van der Waals surface area contributed by atoms with Crippen molar-refractivity contribution in [1.29, 1.82) is 0 Å². The van der Waals surface area contributed by atoms with Crippen molar-refractivity contribution >= 4 is 28.3 Å². The summed E-state index contributed by atoms with van der Waals surface area (Å²) in [4.78, 5) is 19.8. The molecular formula is C12H9N3O2S. The molecule has 0 fully saturated rings. The van der Waals surface area contributed by atoms with Crippen molar-refractivity contribution < 1.29 is 9.21 Å². The number of nitrogens with zero attached hydrogens (tertiary/aromatic N) is 2. The van der Waals surface area contributed by atoms with Gasteiger partial charge in [-0.15, -0.1) is 0 Å². The highest BCUT2D eigenvalue weighted by molar-refractivity contribution is 7.07. The second kappa shape index (κ2) is 4.58. The number of hydrogen-bond acceptors (Lipinski definition) is 5. The molecule has 3 aromatic heterocycles. The summed E-state index contributed by atoms with van der Waals surface area (Å²) >= 11 is 1.60. The smallest absolute Gasteiger partial charge is 0.255 e. The number of rotatable bonds is 3.